The Morgan fingerprint density at radius 1 is 1.11 bits per heavy atom. The summed E-state index contributed by atoms with van der Waals surface area (Å²) in [6.45, 7) is 0. The summed E-state index contributed by atoms with van der Waals surface area (Å²) in [5.41, 5.74) is 4.36. The minimum atomic E-state index is -0.276. The third-order valence-corrected chi connectivity index (χ3v) is 2.94. The number of hydrogen-bond donors (Lipinski definition) is 1. The van der Waals surface area contributed by atoms with E-state index in [1.165, 1.54) is 12.1 Å². The zero-order valence-corrected chi connectivity index (χ0v) is 11.4. The molecule has 0 aliphatic carbocycles. The highest BCUT2D eigenvalue weighted by Gasteiger charge is 1.98. The van der Waals surface area contributed by atoms with Gasteiger partial charge in [0.25, 0.3) is 0 Å². The highest BCUT2D eigenvalue weighted by Crippen LogP contribution is 2.09. The second kappa shape index (κ2) is 6.41. The largest absolute Gasteiger partial charge is 0.267 e. The molecule has 2 aromatic rings. The van der Waals surface area contributed by atoms with Gasteiger partial charge in [0, 0.05) is 10.6 Å². The van der Waals surface area contributed by atoms with Gasteiger partial charge in [-0.05, 0) is 29.8 Å². The number of nitrogens with one attached hydrogen (secondary N) is 1. The molecule has 0 spiro atoms. The molecule has 1 N–H and O–H groups in total. The van der Waals surface area contributed by atoms with Gasteiger partial charge in [0.2, 0.25) is 0 Å². The molecule has 0 aliphatic rings. The Balaban J connectivity index is 1.96. The summed E-state index contributed by atoms with van der Waals surface area (Å²) >= 11 is 11.0. The number of halogens is 2. The second-order valence-electron chi connectivity index (χ2n) is 3.76. The minimum Gasteiger partial charge on any atom is -0.267 e. The van der Waals surface area contributed by atoms with Crippen molar-refractivity contribution in [2.45, 2.75) is 0 Å². The normalized spacial score (nSPS) is 10.6. The van der Waals surface area contributed by atoms with Crippen molar-refractivity contribution < 1.29 is 4.39 Å². The average molecular weight is 293 g/mol. The Morgan fingerprint density at radius 3 is 2.37 bits per heavy atom. The molecule has 0 saturated heterocycles. The molecule has 0 saturated carbocycles. The Morgan fingerprint density at radius 2 is 1.74 bits per heavy atom. The highest BCUT2D eigenvalue weighted by atomic mass is 35.5. The van der Waals surface area contributed by atoms with Crippen LogP contribution in [-0.4, -0.2) is 11.2 Å². The first-order valence-corrected chi connectivity index (χ1v) is 6.28. The fourth-order valence-electron chi connectivity index (χ4n) is 1.38. The number of benzene rings is 2. The van der Waals surface area contributed by atoms with E-state index in [0.717, 1.165) is 11.1 Å². The van der Waals surface area contributed by atoms with Gasteiger partial charge in [-0.3, -0.25) is 5.43 Å². The molecule has 0 radical (unpaired) electrons. The number of hydrazone groups is 1. The van der Waals surface area contributed by atoms with Crippen LogP contribution in [0.5, 0.6) is 0 Å². The lowest BCUT2D eigenvalue weighted by Crippen LogP contribution is -2.16. The van der Waals surface area contributed by atoms with Gasteiger partial charge in [-0.15, -0.1) is 0 Å². The number of rotatable bonds is 3. The van der Waals surface area contributed by atoms with Crippen LogP contribution in [0.25, 0.3) is 0 Å². The fourth-order valence-corrected chi connectivity index (χ4v) is 1.69. The maximum atomic E-state index is 12.7. The van der Waals surface area contributed by atoms with Crippen molar-refractivity contribution in [1.29, 1.82) is 0 Å². The van der Waals surface area contributed by atoms with Crippen molar-refractivity contribution in [3.63, 3.8) is 0 Å². The van der Waals surface area contributed by atoms with Gasteiger partial charge < -0.3 is 0 Å². The van der Waals surface area contributed by atoms with Gasteiger partial charge in [0.15, 0.2) is 0 Å². The van der Waals surface area contributed by atoms with E-state index in [2.05, 4.69) is 10.5 Å². The van der Waals surface area contributed by atoms with Gasteiger partial charge in [-0.25, -0.2) is 4.39 Å². The Bertz CT molecular complexity index is 594. The van der Waals surface area contributed by atoms with Crippen LogP contribution in [-0.2, 0) is 0 Å². The van der Waals surface area contributed by atoms with E-state index in [-0.39, 0.29) is 5.82 Å². The lowest BCUT2D eigenvalue weighted by atomic mass is 10.2. The topological polar surface area (TPSA) is 24.4 Å². The van der Waals surface area contributed by atoms with Gasteiger partial charge in [-0.2, -0.15) is 5.10 Å². The van der Waals surface area contributed by atoms with Crippen LogP contribution in [0.15, 0.2) is 53.6 Å². The van der Waals surface area contributed by atoms with Gasteiger partial charge in [0.05, 0.1) is 6.21 Å². The predicted molar refractivity (Wildman–Crippen MR) is 80.3 cm³/mol. The Hall–Kier alpha value is -1.78. The molecule has 0 heterocycles. The summed E-state index contributed by atoms with van der Waals surface area (Å²) in [4.78, 5) is 0.495. The van der Waals surface area contributed by atoms with Crippen molar-refractivity contribution in [2.75, 3.05) is 0 Å². The van der Waals surface area contributed by atoms with Gasteiger partial charge >= 0.3 is 0 Å². The smallest absolute Gasteiger partial charge is 0.126 e. The molecule has 5 heteroatoms. The first-order valence-electron chi connectivity index (χ1n) is 5.50. The maximum Gasteiger partial charge on any atom is 0.126 e. The number of thiocarbonyl (C=S) groups is 1. The molecule has 0 aromatic heterocycles. The van der Waals surface area contributed by atoms with Crippen LogP contribution >= 0.6 is 23.8 Å². The molecule has 2 aromatic carbocycles. The maximum absolute atomic E-state index is 12.7. The molecule has 2 nitrogen and oxygen atoms in total. The van der Waals surface area contributed by atoms with Gasteiger partial charge in [0.1, 0.15) is 10.8 Å². The Labute approximate surface area is 120 Å². The first-order chi connectivity index (χ1) is 9.15. The monoisotopic (exact) mass is 292 g/mol. The average Bonchev–Trinajstić information content (AvgIpc) is 2.41. The quantitative estimate of drug-likeness (QED) is 0.529. The minimum absolute atomic E-state index is 0.276. The second-order valence-corrected chi connectivity index (χ2v) is 4.60. The van der Waals surface area contributed by atoms with Crippen LogP contribution < -0.4 is 5.43 Å². The lowest BCUT2D eigenvalue weighted by molar-refractivity contribution is 0.628. The van der Waals surface area contributed by atoms with Crippen molar-refractivity contribution in [3.8, 4) is 0 Å². The molecule has 0 unspecified atom stereocenters. The molecule has 0 atom stereocenters. The van der Waals surface area contributed by atoms with Crippen LogP contribution in [0.4, 0.5) is 4.39 Å². The number of nitrogens with zero attached hydrogens (tertiary/aromatic N) is 1. The predicted octanol–water partition coefficient (Wildman–Crippen LogP) is 3.78. The third kappa shape index (κ3) is 4.12. The molecular weight excluding hydrogens is 283 g/mol. The summed E-state index contributed by atoms with van der Waals surface area (Å²) in [7, 11) is 0. The van der Waals surface area contributed by atoms with E-state index >= 15 is 0 Å². The lowest BCUT2D eigenvalue weighted by Gasteiger charge is -2.02. The summed E-state index contributed by atoms with van der Waals surface area (Å²) < 4.78 is 12.7. The summed E-state index contributed by atoms with van der Waals surface area (Å²) in [5.74, 6) is -0.276. The van der Waals surface area contributed by atoms with E-state index in [9.17, 15) is 4.39 Å². The molecular formula is C14H10ClFN2S. The zero-order chi connectivity index (χ0) is 13.7. The van der Waals surface area contributed by atoms with Crippen LogP contribution in [0.3, 0.4) is 0 Å². The van der Waals surface area contributed by atoms with E-state index in [1.54, 1.807) is 30.5 Å². The molecule has 96 valence electrons. The molecule has 0 aliphatic heterocycles. The standard InChI is InChI=1S/C14H10ClFN2S/c15-12-5-3-11(4-6-12)14(19)18-17-9-10-1-7-13(16)8-2-10/h1-9H,(H,18,19). The Kier molecular flexibility index (Phi) is 4.60. The van der Waals surface area contributed by atoms with Crippen molar-refractivity contribution in [2.24, 2.45) is 5.10 Å². The summed E-state index contributed by atoms with van der Waals surface area (Å²) in [6.07, 6.45) is 1.57. The van der Waals surface area contributed by atoms with E-state index in [4.69, 9.17) is 23.8 Å². The van der Waals surface area contributed by atoms with E-state index < -0.39 is 0 Å². The van der Waals surface area contributed by atoms with E-state index in [0.29, 0.717) is 10.0 Å². The highest BCUT2D eigenvalue weighted by molar-refractivity contribution is 7.80. The van der Waals surface area contributed by atoms with Gasteiger partial charge in [-0.1, -0.05) is 48.1 Å². The summed E-state index contributed by atoms with van der Waals surface area (Å²) in [5, 5.41) is 4.65. The van der Waals surface area contributed by atoms with Crippen LogP contribution in [0.2, 0.25) is 5.02 Å². The molecule has 2 rings (SSSR count). The van der Waals surface area contributed by atoms with E-state index in [1.807, 2.05) is 12.1 Å². The first kappa shape index (κ1) is 13.6. The zero-order valence-electron chi connectivity index (χ0n) is 9.81. The van der Waals surface area contributed by atoms with Crippen LogP contribution in [0, 0.1) is 5.82 Å². The SMILES string of the molecule is Fc1ccc(C=NNC(=S)c2ccc(Cl)cc2)cc1. The number of hydrogen-bond acceptors (Lipinski definition) is 2. The van der Waals surface area contributed by atoms with Crippen molar-refractivity contribution in [1.82, 2.24) is 5.43 Å². The van der Waals surface area contributed by atoms with Crippen LogP contribution in [0.1, 0.15) is 11.1 Å². The molecule has 19 heavy (non-hydrogen) atoms. The fraction of sp³-hybridized carbons (Fsp3) is 0. The summed E-state index contributed by atoms with van der Waals surface area (Å²) in [6, 6.07) is 13.1. The molecule has 0 bridgehead atoms. The molecule has 0 fully saturated rings. The van der Waals surface area contributed by atoms with Crippen molar-refractivity contribution >= 4 is 35.0 Å². The third-order valence-electron chi connectivity index (χ3n) is 2.36. The van der Waals surface area contributed by atoms with Crippen molar-refractivity contribution in [3.05, 3.63) is 70.5 Å². The molecule has 0 amide bonds.